The van der Waals surface area contributed by atoms with Gasteiger partial charge in [-0.25, -0.2) is 4.98 Å². The van der Waals surface area contributed by atoms with Crippen molar-refractivity contribution in [3.05, 3.63) is 33.5 Å². The molecule has 0 unspecified atom stereocenters. The maximum absolute atomic E-state index is 5.32. The Bertz CT molecular complexity index is 602. The van der Waals surface area contributed by atoms with Crippen LogP contribution in [-0.2, 0) is 11.3 Å². The standard InChI is InChI=1S/C14H17Br2N3O2/c1-20-7-3-5-19-6-4-17-14(19)18-12-9-13(21-2)11(16)8-10(12)15/h4,6,8-9H,3,5,7H2,1-2H3,(H,17,18). The molecule has 1 heterocycles. The van der Waals surface area contributed by atoms with Gasteiger partial charge in [0.05, 0.1) is 17.3 Å². The highest BCUT2D eigenvalue weighted by molar-refractivity contribution is 9.11. The number of hydrogen-bond acceptors (Lipinski definition) is 4. The molecule has 0 atom stereocenters. The maximum atomic E-state index is 5.32. The molecule has 0 spiro atoms. The van der Waals surface area contributed by atoms with Gasteiger partial charge in [0, 0.05) is 43.2 Å². The van der Waals surface area contributed by atoms with E-state index in [9.17, 15) is 0 Å². The normalized spacial score (nSPS) is 10.7. The highest BCUT2D eigenvalue weighted by atomic mass is 79.9. The number of benzene rings is 1. The molecule has 0 fully saturated rings. The first-order chi connectivity index (χ1) is 10.2. The van der Waals surface area contributed by atoms with Crippen molar-refractivity contribution in [2.75, 3.05) is 26.1 Å². The number of nitrogens with zero attached hydrogens (tertiary/aromatic N) is 2. The molecule has 0 bridgehead atoms. The Morgan fingerprint density at radius 2 is 2.05 bits per heavy atom. The van der Waals surface area contributed by atoms with Crippen LogP contribution in [0.15, 0.2) is 33.5 Å². The van der Waals surface area contributed by atoms with E-state index in [1.165, 1.54) is 0 Å². The van der Waals surface area contributed by atoms with Crippen LogP contribution in [0.2, 0.25) is 0 Å². The quantitative estimate of drug-likeness (QED) is 0.684. The van der Waals surface area contributed by atoms with Gasteiger partial charge in [0.2, 0.25) is 5.95 Å². The van der Waals surface area contributed by atoms with Gasteiger partial charge in [0.15, 0.2) is 0 Å². The van der Waals surface area contributed by atoms with E-state index in [-0.39, 0.29) is 0 Å². The number of aromatic nitrogens is 2. The molecule has 0 aliphatic carbocycles. The largest absolute Gasteiger partial charge is 0.495 e. The van der Waals surface area contributed by atoms with E-state index in [2.05, 4.69) is 46.7 Å². The summed E-state index contributed by atoms with van der Waals surface area (Å²) >= 11 is 7.00. The molecule has 0 radical (unpaired) electrons. The van der Waals surface area contributed by atoms with E-state index in [1.54, 1.807) is 20.4 Å². The van der Waals surface area contributed by atoms with Crippen molar-refractivity contribution in [3.8, 4) is 5.75 Å². The van der Waals surface area contributed by atoms with E-state index in [4.69, 9.17) is 9.47 Å². The number of methoxy groups -OCH3 is 2. The first kappa shape index (κ1) is 16.3. The molecular formula is C14H17Br2N3O2. The zero-order valence-electron chi connectivity index (χ0n) is 11.9. The summed E-state index contributed by atoms with van der Waals surface area (Å²) in [4.78, 5) is 4.35. The van der Waals surface area contributed by atoms with Gasteiger partial charge < -0.3 is 19.4 Å². The van der Waals surface area contributed by atoms with Gasteiger partial charge in [-0.1, -0.05) is 0 Å². The average Bonchev–Trinajstić information content (AvgIpc) is 2.89. The number of rotatable bonds is 7. The molecule has 2 aromatic rings. The second-order valence-electron chi connectivity index (χ2n) is 4.38. The second kappa shape index (κ2) is 7.82. The number of nitrogens with one attached hydrogen (secondary N) is 1. The number of halogens is 2. The number of aryl methyl sites for hydroxylation is 1. The predicted octanol–water partition coefficient (Wildman–Crippen LogP) is 4.20. The van der Waals surface area contributed by atoms with Crippen molar-refractivity contribution in [3.63, 3.8) is 0 Å². The first-order valence-electron chi connectivity index (χ1n) is 6.46. The molecule has 7 heteroatoms. The highest BCUT2D eigenvalue weighted by Gasteiger charge is 2.10. The number of hydrogen-bond donors (Lipinski definition) is 1. The van der Waals surface area contributed by atoms with Gasteiger partial charge in [-0.05, 0) is 44.3 Å². The second-order valence-corrected chi connectivity index (χ2v) is 6.09. The number of ether oxygens (including phenoxy) is 2. The zero-order valence-corrected chi connectivity index (χ0v) is 15.1. The molecule has 0 amide bonds. The molecule has 2 rings (SSSR count). The molecule has 0 aliphatic rings. The maximum Gasteiger partial charge on any atom is 0.207 e. The lowest BCUT2D eigenvalue weighted by Crippen LogP contribution is -2.05. The Kier molecular flexibility index (Phi) is 6.08. The molecule has 21 heavy (non-hydrogen) atoms. The average molecular weight is 419 g/mol. The summed E-state index contributed by atoms with van der Waals surface area (Å²) in [6.07, 6.45) is 4.66. The van der Waals surface area contributed by atoms with Gasteiger partial charge in [-0.2, -0.15) is 0 Å². The van der Waals surface area contributed by atoms with Crippen molar-refractivity contribution in [2.24, 2.45) is 0 Å². The van der Waals surface area contributed by atoms with E-state index in [0.29, 0.717) is 0 Å². The van der Waals surface area contributed by atoms with Crippen LogP contribution < -0.4 is 10.1 Å². The fourth-order valence-corrected chi connectivity index (χ4v) is 3.15. The van der Waals surface area contributed by atoms with Gasteiger partial charge in [-0.15, -0.1) is 0 Å². The Balaban J connectivity index is 2.17. The fourth-order valence-electron chi connectivity index (χ4n) is 1.89. The Morgan fingerprint density at radius 3 is 2.76 bits per heavy atom. The molecule has 1 N–H and O–H groups in total. The molecule has 0 saturated carbocycles. The van der Waals surface area contributed by atoms with Crippen LogP contribution in [0.5, 0.6) is 5.75 Å². The minimum Gasteiger partial charge on any atom is -0.495 e. The summed E-state index contributed by atoms with van der Waals surface area (Å²) in [6, 6.07) is 3.86. The van der Waals surface area contributed by atoms with E-state index in [1.807, 2.05) is 18.3 Å². The van der Waals surface area contributed by atoms with Crippen LogP contribution in [0.4, 0.5) is 11.6 Å². The SMILES string of the molecule is COCCCn1ccnc1Nc1cc(OC)c(Br)cc1Br. The van der Waals surface area contributed by atoms with Gasteiger partial charge >= 0.3 is 0 Å². The minimum atomic E-state index is 0.730. The van der Waals surface area contributed by atoms with E-state index in [0.717, 1.165) is 45.9 Å². The molecule has 0 aliphatic heterocycles. The highest BCUT2D eigenvalue weighted by Crippen LogP contribution is 2.35. The van der Waals surface area contributed by atoms with E-state index < -0.39 is 0 Å². The summed E-state index contributed by atoms with van der Waals surface area (Å²) in [5.74, 6) is 1.55. The molecule has 5 nitrogen and oxygen atoms in total. The topological polar surface area (TPSA) is 48.3 Å². The van der Waals surface area contributed by atoms with Crippen molar-refractivity contribution >= 4 is 43.5 Å². The predicted molar refractivity (Wildman–Crippen MR) is 90.4 cm³/mol. The lowest BCUT2D eigenvalue weighted by molar-refractivity contribution is 0.190. The van der Waals surface area contributed by atoms with Crippen LogP contribution in [0.3, 0.4) is 0 Å². The third kappa shape index (κ3) is 4.21. The molecule has 1 aromatic heterocycles. The Hall–Kier alpha value is -1.05. The van der Waals surface area contributed by atoms with Crippen LogP contribution in [-0.4, -0.2) is 30.4 Å². The summed E-state index contributed by atoms with van der Waals surface area (Å²) in [5.41, 5.74) is 0.897. The van der Waals surface area contributed by atoms with Crippen molar-refractivity contribution in [2.45, 2.75) is 13.0 Å². The van der Waals surface area contributed by atoms with Crippen LogP contribution >= 0.6 is 31.9 Å². The molecule has 1 aromatic carbocycles. The lowest BCUT2D eigenvalue weighted by Gasteiger charge is -2.13. The number of imidazole rings is 1. The summed E-state index contributed by atoms with van der Waals surface area (Å²) in [7, 11) is 3.35. The van der Waals surface area contributed by atoms with Crippen molar-refractivity contribution in [1.29, 1.82) is 0 Å². The minimum absolute atomic E-state index is 0.730. The smallest absolute Gasteiger partial charge is 0.207 e. The summed E-state index contributed by atoms with van der Waals surface area (Å²) in [5, 5.41) is 3.31. The monoisotopic (exact) mass is 417 g/mol. The van der Waals surface area contributed by atoms with Gasteiger partial charge in [-0.3, -0.25) is 0 Å². The Labute approximate surface area is 140 Å². The van der Waals surface area contributed by atoms with Gasteiger partial charge in [0.25, 0.3) is 0 Å². The Morgan fingerprint density at radius 1 is 1.24 bits per heavy atom. The van der Waals surface area contributed by atoms with Crippen LogP contribution in [0, 0.1) is 0 Å². The molecular weight excluding hydrogens is 402 g/mol. The third-order valence-corrected chi connectivity index (χ3v) is 4.23. The van der Waals surface area contributed by atoms with Gasteiger partial charge in [0.1, 0.15) is 5.75 Å². The first-order valence-corrected chi connectivity index (χ1v) is 8.04. The van der Waals surface area contributed by atoms with Crippen molar-refractivity contribution in [1.82, 2.24) is 9.55 Å². The summed E-state index contributed by atoms with van der Waals surface area (Å²) < 4.78 is 14.3. The number of anilines is 2. The lowest BCUT2D eigenvalue weighted by atomic mass is 10.3. The third-order valence-electron chi connectivity index (χ3n) is 2.95. The van der Waals surface area contributed by atoms with E-state index >= 15 is 0 Å². The zero-order chi connectivity index (χ0) is 15.2. The molecule has 0 saturated heterocycles. The van der Waals surface area contributed by atoms with Crippen LogP contribution in [0.1, 0.15) is 6.42 Å². The van der Waals surface area contributed by atoms with Crippen molar-refractivity contribution < 1.29 is 9.47 Å². The fraction of sp³-hybridized carbons (Fsp3) is 0.357. The summed E-state index contributed by atoms with van der Waals surface area (Å²) in [6.45, 7) is 1.58. The molecule has 114 valence electrons. The van der Waals surface area contributed by atoms with Crippen LogP contribution in [0.25, 0.3) is 0 Å².